The molecule has 0 aliphatic carbocycles. The van der Waals surface area contributed by atoms with Crippen LogP contribution in [0.3, 0.4) is 0 Å². The summed E-state index contributed by atoms with van der Waals surface area (Å²) in [5.74, 6) is -0.363. The van der Waals surface area contributed by atoms with Gasteiger partial charge in [-0.2, -0.15) is 18.4 Å². The van der Waals surface area contributed by atoms with Gasteiger partial charge in [0, 0.05) is 13.1 Å². The third-order valence-corrected chi connectivity index (χ3v) is 4.73. The minimum absolute atomic E-state index is 0.181. The van der Waals surface area contributed by atoms with Crippen LogP contribution in [0.1, 0.15) is 35.1 Å². The number of halogens is 4. The summed E-state index contributed by atoms with van der Waals surface area (Å²) < 4.78 is 52.6. The largest absolute Gasteiger partial charge is 0.416 e. The summed E-state index contributed by atoms with van der Waals surface area (Å²) in [5, 5.41) is 9.41. The van der Waals surface area contributed by atoms with Gasteiger partial charge in [-0.25, -0.2) is 4.39 Å². The van der Waals surface area contributed by atoms with Crippen LogP contribution in [0.5, 0.6) is 0 Å². The molecule has 0 saturated carbocycles. The monoisotopic (exact) mass is 374 g/mol. The summed E-state index contributed by atoms with van der Waals surface area (Å²) in [4.78, 5) is 2.00. The van der Waals surface area contributed by atoms with E-state index in [1.54, 1.807) is 6.07 Å². The third-order valence-electron chi connectivity index (χ3n) is 4.73. The van der Waals surface area contributed by atoms with Crippen LogP contribution in [0.25, 0.3) is 11.6 Å². The van der Waals surface area contributed by atoms with E-state index in [0.717, 1.165) is 43.6 Å². The molecule has 2 nitrogen and oxygen atoms in total. The molecule has 140 valence electrons. The highest BCUT2D eigenvalue weighted by molar-refractivity contribution is 5.90. The molecule has 0 radical (unpaired) electrons. The Morgan fingerprint density at radius 2 is 1.74 bits per heavy atom. The van der Waals surface area contributed by atoms with Crippen molar-refractivity contribution in [3.63, 3.8) is 0 Å². The highest BCUT2D eigenvalue weighted by Gasteiger charge is 2.30. The Morgan fingerprint density at radius 3 is 2.30 bits per heavy atom. The number of benzene rings is 2. The average Bonchev–Trinajstić information content (AvgIpc) is 3.16. The predicted molar refractivity (Wildman–Crippen MR) is 97.5 cm³/mol. The van der Waals surface area contributed by atoms with Gasteiger partial charge in [-0.1, -0.05) is 12.1 Å². The maximum Gasteiger partial charge on any atom is 0.416 e. The van der Waals surface area contributed by atoms with Gasteiger partial charge in [0.1, 0.15) is 5.82 Å². The van der Waals surface area contributed by atoms with Gasteiger partial charge >= 0.3 is 6.18 Å². The molecule has 27 heavy (non-hydrogen) atoms. The molecule has 1 aliphatic heterocycles. The maximum absolute atomic E-state index is 14.5. The lowest BCUT2D eigenvalue weighted by Gasteiger charge is -2.19. The van der Waals surface area contributed by atoms with Crippen molar-refractivity contribution in [1.29, 1.82) is 5.26 Å². The van der Waals surface area contributed by atoms with Crippen molar-refractivity contribution < 1.29 is 17.6 Å². The molecule has 3 rings (SSSR count). The standard InChI is InChI=1S/C21H18F4N2/c1-14-10-20(27-8-2-3-9-27)19(22)12-16(14)11-17(13-26)15-4-6-18(7-5-15)21(23,24)25/h4-7,10-12H,2-3,8-9H2,1H3/b17-11-. The van der Waals surface area contributed by atoms with E-state index in [4.69, 9.17) is 0 Å². The van der Waals surface area contributed by atoms with Crippen LogP contribution in [0.2, 0.25) is 0 Å². The Morgan fingerprint density at radius 1 is 1.11 bits per heavy atom. The highest BCUT2D eigenvalue weighted by Crippen LogP contribution is 2.31. The number of aryl methyl sites for hydroxylation is 1. The van der Waals surface area contributed by atoms with E-state index in [1.807, 2.05) is 17.9 Å². The molecule has 1 saturated heterocycles. The number of rotatable bonds is 3. The summed E-state index contributed by atoms with van der Waals surface area (Å²) in [7, 11) is 0. The van der Waals surface area contributed by atoms with Crippen molar-refractivity contribution in [1.82, 2.24) is 0 Å². The molecular weight excluding hydrogens is 356 g/mol. The van der Waals surface area contributed by atoms with Gasteiger partial charge < -0.3 is 4.90 Å². The van der Waals surface area contributed by atoms with Crippen LogP contribution in [-0.2, 0) is 6.18 Å². The molecule has 1 fully saturated rings. The van der Waals surface area contributed by atoms with E-state index in [-0.39, 0.29) is 11.4 Å². The van der Waals surface area contributed by atoms with E-state index >= 15 is 0 Å². The molecule has 6 heteroatoms. The normalized spacial score (nSPS) is 15.1. The number of hydrogen-bond donors (Lipinski definition) is 0. The number of nitrogens with zero attached hydrogens (tertiary/aromatic N) is 2. The maximum atomic E-state index is 14.5. The number of nitriles is 1. The molecule has 0 bridgehead atoms. The number of allylic oxidation sites excluding steroid dienone is 1. The zero-order valence-corrected chi connectivity index (χ0v) is 14.8. The first-order valence-electron chi connectivity index (χ1n) is 8.64. The zero-order chi connectivity index (χ0) is 19.6. The predicted octanol–water partition coefficient (Wildman–Crippen LogP) is 5.82. The van der Waals surface area contributed by atoms with Gasteiger partial charge in [0.15, 0.2) is 0 Å². The molecule has 0 amide bonds. The van der Waals surface area contributed by atoms with Crippen molar-refractivity contribution in [3.8, 4) is 6.07 Å². The quantitative estimate of drug-likeness (QED) is 0.385. The lowest BCUT2D eigenvalue weighted by Crippen LogP contribution is -2.19. The van der Waals surface area contributed by atoms with Crippen LogP contribution >= 0.6 is 0 Å². The van der Waals surface area contributed by atoms with Crippen molar-refractivity contribution >= 4 is 17.3 Å². The lowest BCUT2D eigenvalue weighted by molar-refractivity contribution is -0.137. The fourth-order valence-corrected chi connectivity index (χ4v) is 3.21. The van der Waals surface area contributed by atoms with Crippen molar-refractivity contribution in [3.05, 3.63) is 64.5 Å². The molecule has 2 aromatic rings. The first kappa shape index (κ1) is 19.0. The zero-order valence-electron chi connectivity index (χ0n) is 14.8. The summed E-state index contributed by atoms with van der Waals surface area (Å²) in [6, 6.07) is 9.50. The minimum atomic E-state index is -4.43. The van der Waals surface area contributed by atoms with Gasteiger partial charge in [0.05, 0.1) is 22.9 Å². The lowest BCUT2D eigenvalue weighted by atomic mass is 9.99. The second kappa shape index (κ2) is 7.43. The molecule has 0 spiro atoms. The molecular formula is C21H18F4N2. The molecule has 0 N–H and O–H groups in total. The molecule has 0 aromatic heterocycles. The van der Waals surface area contributed by atoms with Crippen molar-refractivity contribution in [2.75, 3.05) is 18.0 Å². The van der Waals surface area contributed by atoms with Crippen molar-refractivity contribution in [2.45, 2.75) is 25.9 Å². The van der Waals surface area contributed by atoms with Gasteiger partial charge in [-0.05, 0) is 66.8 Å². The van der Waals surface area contributed by atoms with Gasteiger partial charge in [-0.3, -0.25) is 0 Å². The van der Waals surface area contributed by atoms with Crippen LogP contribution < -0.4 is 4.90 Å². The molecule has 0 atom stereocenters. The summed E-state index contributed by atoms with van der Waals surface area (Å²) in [6.07, 6.45) is -0.853. The smallest absolute Gasteiger partial charge is 0.369 e. The second-order valence-electron chi connectivity index (χ2n) is 6.60. The summed E-state index contributed by atoms with van der Waals surface area (Å²) >= 11 is 0. The number of hydrogen-bond acceptors (Lipinski definition) is 2. The Labute approximate surface area is 155 Å². The Balaban J connectivity index is 1.94. The highest BCUT2D eigenvalue weighted by atomic mass is 19.4. The summed E-state index contributed by atoms with van der Waals surface area (Å²) in [5.41, 5.74) is 1.65. The number of alkyl halides is 3. The fraction of sp³-hybridized carbons (Fsp3) is 0.286. The molecule has 0 unspecified atom stereocenters. The Bertz CT molecular complexity index is 900. The Kier molecular flexibility index (Phi) is 5.22. The molecule has 2 aromatic carbocycles. The van der Waals surface area contributed by atoms with Crippen LogP contribution in [0, 0.1) is 24.1 Å². The van der Waals surface area contributed by atoms with E-state index in [9.17, 15) is 22.8 Å². The fourth-order valence-electron chi connectivity index (χ4n) is 3.21. The molecule has 1 aliphatic rings. The van der Waals surface area contributed by atoms with Crippen molar-refractivity contribution in [2.24, 2.45) is 0 Å². The third kappa shape index (κ3) is 4.13. The Hall–Kier alpha value is -2.81. The van der Waals surface area contributed by atoms with Gasteiger partial charge in [0.2, 0.25) is 0 Å². The molecule has 1 heterocycles. The first-order valence-corrected chi connectivity index (χ1v) is 8.64. The number of anilines is 1. The van der Waals surface area contributed by atoms with E-state index < -0.39 is 11.7 Å². The average molecular weight is 374 g/mol. The summed E-state index contributed by atoms with van der Waals surface area (Å²) in [6.45, 7) is 3.47. The first-order chi connectivity index (χ1) is 12.8. The van der Waals surface area contributed by atoms with Crippen LogP contribution in [0.4, 0.5) is 23.2 Å². The van der Waals surface area contributed by atoms with Gasteiger partial charge in [-0.15, -0.1) is 0 Å². The second-order valence-corrected chi connectivity index (χ2v) is 6.60. The van der Waals surface area contributed by atoms with E-state index in [2.05, 4.69) is 0 Å². The van der Waals surface area contributed by atoms with Gasteiger partial charge in [0.25, 0.3) is 0 Å². The topological polar surface area (TPSA) is 27.0 Å². The van der Waals surface area contributed by atoms with E-state index in [0.29, 0.717) is 16.8 Å². The van der Waals surface area contributed by atoms with Crippen LogP contribution in [0.15, 0.2) is 36.4 Å². The van der Waals surface area contributed by atoms with Crippen LogP contribution in [-0.4, -0.2) is 13.1 Å². The van der Waals surface area contributed by atoms with E-state index in [1.165, 1.54) is 24.3 Å². The minimum Gasteiger partial charge on any atom is -0.369 e. The SMILES string of the molecule is Cc1cc(N2CCCC2)c(F)cc1/C=C(/C#N)c1ccc(C(F)(F)F)cc1.